The van der Waals surface area contributed by atoms with Gasteiger partial charge in [-0.2, -0.15) is 0 Å². The molecule has 0 saturated carbocycles. The van der Waals surface area contributed by atoms with Crippen LogP contribution in [0.25, 0.3) is 0 Å². The van der Waals surface area contributed by atoms with Gasteiger partial charge in [0, 0.05) is 28.2 Å². The zero-order valence-corrected chi connectivity index (χ0v) is 14.8. The molecule has 1 saturated heterocycles. The number of nitrogens with zero attached hydrogens (tertiary/aromatic N) is 2. The lowest BCUT2D eigenvalue weighted by Crippen LogP contribution is -2.41. The van der Waals surface area contributed by atoms with Crippen molar-refractivity contribution < 1.29 is 4.79 Å². The molecular formula is C15H20ClIN2O. The lowest BCUT2D eigenvalue weighted by molar-refractivity contribution is 0.0753. The minimum Gasteiger partial charge on any atom is -0.340 e. The smallest absolute Gasteiger partial charge is 0.254 e. The number of hydrogen-bond acceptors (Lipinski definition) is 2. The molecule has 1 aromatic carbocycles. The van der Waals surface area contributed by atoms with Crippen LogP contribution in [-0.2, 0) is 0 Å². The quantitative estimate of drug-likeness (QED) is 0.715. The van der Waals surface area contributed by atoms with Gasteiger partial charge in [0.2, 0.25) is 0 Å². The first-order valence-electron chi connectivity index (χ1n) is 6.97. The zero-order valence-electron chi connectivity index (χ0n) is 11.9. The van der Waals surface area contributed by atoms with E-state index in [0.29, 0.717) is 16.6 Å². The predicted molar refractivity (Wildman–Crippen MR) is 91.4 cm³/mol. The van der Waals surface area contributed by atoms with Crippen molar-refractivity contribution in [2.45, 2.75) is 25.8 Å². The summed E-state index contributed by atoms with van der Waals surface area (Å²) >= 11 is 8.18. The van der Waals surface area contributed by atoms with Crippen LogP contribution < -0.4 is 0 Å². The average molecular weight is 407 g/mol. The largest absolute Gasteiger partial charge is 0.340 e. The molecule has 0 radical (unpaired) electrons. The van der Waals surface area contributed by atoms with E-state index in [9.17, 15) is 4.79 Å². The SMILES string of the molecule is CCN1CCCC1CN(C)C(=O)c1cc(Cl)ccc1I. The summed E-state index contributed by atoms with van der Waals surface area (Å²) in [5.74, 6) is 0.0554. The molecule has 20 heavy (non-hydrogen) atoms. The molecule has 1 amide bonds. The van der Waals surface area contributed by atoms with Gasteiger partial charge in [-0.3, -0.25) is 9.69 Å². The molecule has 5 heteroatoms. The number of hydrogen-bond donors (Lipinski definition) is 0. The lowest BCUT2D eigenvalue weighted by atomic mass is 10.1. The second kappa shape index (κ2) is 7.09. The highest BCUT2D eigenvalue weighted by Crippen LogP contribution is 2.21. The van der Waals surface area contributed by atoms with E-state index < -0.39 is 0 Å². The third-order valence-corrected chi connectivity index (χ3v) is 5.07. The number of halogens is 2. The highest BCUT2D eigenvalue weighted by atomic mass is 127. The van der Waals surface area contributed by atoms with E-state index in [1.54, 1.807) is 6.07 Å². The number of benzene rings is 1. The van der Waals surface area contributed by atoms with Gasteiger partial charge in [0.15, 0.2) is 0 Å². The number of carbonyl (C=O) groups excluding carboxylic acids is 1. The zero-order chi connectivity index (χ0) is 14.7. The number of likely N-dealkylation sites (N-methyl/N-ethyl adjacent to an activating group) is 2. The summed E-state index contributed by atoms with van der Waals surface area (Å²) in [6.45, 7) is 5.18. The van der Waals surface area contributed by atoms with Crippen molar-refractivity contribution in [3.63, 3.8) is 0 Å². The van der Waals surface area contributed by atoms with Crippen LogP contribution >= 0.6 is 34.2 Å². The van der Waals surface area contributed by atoms with Gasteiger partial charge in [-0.1, -0.05) is 18.5 Å². The van der Waals surface area contributed by atoms with Gasteiger partial charge in [0.1, 0.15) is 0 Å². The standard InChI is InChI=1S/C15H20ClIN2O/c1-3-19-8-4-5-12(19)10-18(2)15(20)13-9-11(16)6-7-14(13)17/h6-7,9,12H,3-5,8,10H2,1-2H3. The van der Waals surface area contributed by atoms with E-state index in [1.165, 1.54) is 12.8 Å². The van der Waals surface area contributed by atoms with Crippen molar-refractivity contribution >= 4 is 40.1 Å². The van der Waals surface area contributed by atoms with E-state index in [2.05, 4.69) is 34.4 Å². The summed E-state index contributed by atoms with van der Waals surface area (Å²) in [6.07, 6.45) is 2.41. The Hall–Kier alpha value is -0.330. The van der Waals surface area contributed by atoms with Crippen LogP contribution in [0.3, 0.4) is 0 Å². The maximum Gasteiger partial charge on any atom is 0.254 e. The Morgan fingerprint density at radius 1 is 1.55 bits per heavy atom. The van der Waals surface area contributed by atoms with Crippen LogP contribution in [-0.4, -0.2) is 48.4 Å². The molecule has 0 aromatic heterocycles. The number of amides is 1. The number of likely N-dealkylation sites (tertiary alicyclic amines) is 1. The second-order valence-corrected chi connectivity index (χ2v) is 6.83. The summed E-state index contributed by atoms with van der Waals surface area (Å²) in [4.78, 5) is 16.8. The highest BCUT2D eigenvalue weighted by molar-refractivity contribution is 14.1. The molecule has 0 bridgehead atoms. The first-order valence-corrected chi connectivity index (χ1v) is 8.43. The third-order valence-electron chi connectivity index (χ3n) is 3.90. The summed E-state index contributed by atoms with van der Waals surface area (Å²) in [5, 5.41) is 0.609. The molecule has 1 heterocycles. The second-order valence-electron chi connectivity index (χ2n) is 5.23. The fourth-order valence-corrected chi connectivity index (χ4v) is 3.52. The fourth-order valence-electron chi connectivity index (χ4n) is 2.78. The van der Waals surface area contributed by atoms with Crippen molar-refractivity contribution in [3.05, 3.63) is 32.4 Å². The fraction of sp³-hybridized carbons (Fsp3) is 0.533. The highest BCUT2D eigenvalue weighted by Gasteiger charge is 2.26. The van der Waals surface area contributed by atoms with Crippen LogP contribution in [0.2, 0.25) is 5.02 Å². The minimum absolute atomic E-state index is 0.0554. The first kappa shape index (κ1) is 16.0. The van der Waals surface area contributed by atoms with Gasteiger partial charge in [-0.05, 0) is 66.7 Å². The van der Waals surface area contributed by atoms with Crippen LogP contribution in [0.5, 0.6) is 0 Å². The topological polar surface area (TPSA) is 23.6 Å². The van der Waals surface area contributed by atoms with E-state index in [4.69, 9.17) is 11.6 Å². The van der Waals surface area contributed by atoms with Crippen molar-refractivity contribution in [1.29, 1.82) is 0 Å². The van der Waals surface area contributed by atoms with Gasteiger partial charge in [0.25, 0.3) is 5.91 Å². The molecule has 1 atom stereocenters. The van der Waals surface area contributed by atoms with Gasteiger partial charge >= 0.3 is 0 Å². The Morgan fingerprint density at radius 3 is 3.00 bits per heavy atom. The van der Waals surface area contributed by atoms with Gasteiger partial charge in [0.05, 0.1) is 5.56 Å². The molecule has 2 rings (SSSR count). The molecule has 0 N–H and O–H groups in total. The molecule has 3 nitrogen and oxygen atoms in total. The molecular weight excluding hydrogens is 387 g/mol. The van der Waals surface area contributed by atoms with Crippen LogP contribution in [0.15, 0.2) is 18.2 Å². The molecule has 1 aliphatic heterocycles. The van der Waals surface area contributed by atoms with Gasteiger partial charge in [-0.25, -0.2) is 0 Å². The van der Waals surface area contributed by atoms with Crippen molar-refractivity contribution in [2.75, 3.05) is 26.7 Å². The normalized spacial score (nSPS) is 19.3. The van der Waals surface area contributed by atoms with Crippen LogP contribution in [0, 0.1) is 3.57 Å². The van der Waals surface area contributed by atoms with E-state index in [-0.39, 0.29) is 5.91 Å². The van der Waals surface area contributed by atoms with Crippen LogP contribution in [0.1, 0.15) is 30.1 Å². The Morgan fingerprint density at radius 2 is 2.30 bits per heavy atom. The third kappa shape index (κ3) is 3.65. The average Bonchev–Trinajstić information content (AvgIpc) is 2.87. The monoisotopic (exact) mass is 406 g/mol. The van der Waals surface area contributed by atoms with E-state index in [0.717, 1.165) is 23.2 Å². The predicted octanol–water partition coefficient (Wildman–Crippen LogP) is 3.50. The lowest BCUT2D eigenvalue weighted by Gasteiger charge is -2.28. The number of carbonyl (C=O) groups is 1. The molecule has 1 aliphatic rings. The Labute approximate surface area is 139 Å². The molecule has 1 fully saturated rings. The molecule has 0 aliphatic carbocycles. The molecule has 0 spiro atoms. The molecule has 1 unspecified atom stereocenters. The van der Waals surface area contributed by atoms with Crippen LogP contribution in [0.4, 0.5) is 0 Å². The van der Waals surface area contributed by atoms with Crippen molar-refractivity contribution in [1.82, 2.24) is 9.80 Å². The molecule has 110 valence electrons. The Bertz CT molecular complexity index is 495. The first-order chi connectivity index (χ1) is 9.52. The maximum atomic E-state index is 12.5. The van der Waals surface area contributed by atoms with E-state index >= 15 is 0 Å². The van der Waals surface area contributed by atoms with Gasteiger partial charge in [-0.15, -0.1) is 0 Å². The maximum absolute atomic E-state index is 12.5. The molecule has 1 aromatic rings. The Balaban J connectivity index is 2.07. The number of rotatable bonds is 4. The minimum atomic E-state index is 0.0554. The van der Waals surface area contributed by atoms with Crippen molar-refractivity contribution in [3.8, 4) is 0 Å². The Kier molecular flexibility index (Phi) is 5.69. The summed E-state index contributed by atoms with van der Waals surface area (Å²) < 4.78 is 0.947. The summed E-state index contributed by atoms with van der Waals surface area (Å²) in [5.41, 5.74) is 0.696. The van der Waals surface area contributed by atoms with Crippen molar-refractivity contribution in [2.24, 2.45) is 0 Å². The summed E-state index contributed by atoms with van der Waals surface area (Å²) in [6, 6.07) is 5.95. The van der Waals surface area contributed by atoms with Gasteiger partial charge < -0.3 is 4.90 Å². The van der Waals surface area contributed by atoms with E-state index in [1.807, 2.05) is 24.1 Å². The summed E-state index contributed by atoms with van der Waals surface area (Å²) in [7, 11) is 1.88.